The number of hydrogen-bond acceptors (Lipinski definition) is 4. The normalized spacial score (nSPS) is 14.5. The molecule has 0 atom stereocenters. The number of piperazine rings is 1. The van der Waals surface area contributed by atoms with Gasteiger partial charge in [-0.3, -0.25) is 4.79 Å². The number of aromatic hydroxyl groups is 1. The van der Waals surface area contributed by atoms with Crippen molar-refractivity contribution in [3.05, 3.63) is 58.6 Å². The standard InChI is InChI=1S/C23H29ClN4O3/c1-3-25-23(26-16-18-15-20(31-2)7-8-21(18)29)28-11-9-27(10-12-28)22(30)14-17-5-4-6-19(24)13-17/h4-8,13,15,29H,3,9-12,14,16H2,1-2H3,(H,25,26). The van der Waals surface area contributed by atoms with Gasteiger partial charge in [0, 0.05) is 43.3 Å². The fourth-order valence-electron chi connectivity index (χ4n) is 3.50. The van der Waals surface area contributed by atoms with Gasteiger partial charge in [0.1, 0.15) is 11.5 Å². The minimum Gasteiger partial charge on any atom is -0.508 e. The summed E-state index contributed by atoms with van der Waals surface area (Å²) in [7, 11) is 1.59. The van der Waals surface area contributed by atoms with E-state index in [0.717, 1.165) is 18.1 Å². The minimum atomic E-state index is 0.102. The van der Waals surface area contributed by atoms with Gasteiger partial charge in [-0.2, -0.15) is 0 Å². The zero-order valence-electron chi connectivity index (χ0n) is 18.0. The largest absolute Gasteiger partial charge is 0.508 e. The second kappa shape index (κ2) is 10.9. The van der Waals surface area contributed by atoms with Crippen LogP contribution in [0, 0.1) is 0 Å². The summed E-state index contributed by atoms with van der Waals surface area (Å²) in [5.41, 5.74) is 1.62. The van der Waals surface area contributed by atoms with E-state index in [1.807, 2.05) is 30.0 Å². The number of phenols is 1. The van der Waals surface area contributed by atoms with E-state index >= 15 is 0 Å². The second-order valence-electron chi connectivity index (χ2n) is 7.34. The summed E-state index contributed by atoms with van der Waals surface area (Å²) in [4.78, 5) is 21.4. The van der Waals surface area contributed by atoms with Gasteiger partial charge in [0.15, 0.2) is 5.96 Å². The molecule has 0 bridgehead atoms. The zero-order chi connectivity index (χ0) is 22.2. The van der Waals surface area contributed by atoms with Crippen LogP contribution in [0.1, 0.15) is 18.1 Å². The van der Waals surface area contributed by atoms with Crippen LogP contribution >= 0.6 is 11.6 Å². The Balaban J connectivity index is 1.60. The predicted molar refractivity (Wildman–Crippen MR) is 123 cm³/mol. The molecule has 166 valence electrons. The molecule has 31 heavy (non-hydrogen) atoms. The lowest BCUT2D eigenvalue weighted by Gasteiger charge is -2.36. The molecule has 0 aliphatic carbocycles. The zero-order valence-corrected chi connectivity index (χ0v) is 18.7. The molecule has 0 unspecified atom stereocenters. The molecule has 8 heteroatoms. The Labute approximate surface area is 188 Å². The summed E-state index contributed by atoms with van der Waals surface area (Å²) in [6.45, 7) is 5.73. The first-order valence-corrected chi connectivity index (χ1v) is 10.8. The van der Waals surface area contributed by atoms with Crippen molar-refractivity contribution in [1.29, 1.82) is 0 Å². The van der Waals surface area contributed by atoms with Crippen molar-refractivity contribution in [1.82, 2.24) is 15.1 Å². The van der Waals surface area contributed by atoms with Crippen LogP contribution in [0.4, 0.5) is 0 Å². The number of carbonyl (C=O) groups excluding carboxylic acids is 1. The quantitative estimate of drug-likeness (QED) is 0.529. The molecule has 0 radical (unpaired) electrons. The van der Waals surface area contributed by atoms with Gasteiger partial charge >= 0.3 is 0 Å². The Hall–Kier alpha value is -2.93. The lowest BCUT2D eigenvalue weighted by atomic mass is 10.1. The first kappa shape index (κ1) is 22.7. The fourth-order valence-corrected chi connectivity index (χ4v) is 3.72. The predicted octanol–water partition coefficient (Wildman–Crippen LogP) is 2.91. The van der Waals surface area contributed by atoms with Gasteiger partial charge in [0.2, 0.25) is 5.91 Å². The number of aliphatic imine (C=N–C) groups is 1. The van der Waals surface area contributed by atoms with Gasteiger partial charge in [-0.25, -0.2) is 4.99 Å². The van der Waals surface area contributed by atoms with Crippen LogP contribution in [0.2, 0.25) is 5.02 Å². The molecule has 0 saturated carbocycles. The molecule has 1 heterocycles. The number of nitrogens with one attached hydrogen (secondary N) is 1. The number of phenolic OH excluding ortho intramolecular Hbond substituents is 1. The maximum Gasteiger partial charge on any atom is 0.227 e. The Bertz CT molecular complexity index is 927. The number of halogens is 1. The van der Waals surface area contributed by atoms with Crippen LogP contribution in [-0.4, -0.2) is 66.6 Å². The van der Waals surface area contributed by atoms with Crippen molar-refractivity contribution >= 4 is 23.5 Å². The van der Waals surface area contributed by atoms with Crippen molar-refractivity contribution in [3.63, 3.8) is 0 Å². The van der Waals surface area contributed by atoms with E-state index in [1.165, 1.54) is 0 Å². The molecule has 7 nitrogen and oxygen atoms in total. The average molecular weight is 445 g/mol. The summed E-state index contributed by atoms with van der Waals surface area (Å²) >= 11 is 6.02. The highest BCUT2D eigenvalue weighted by atomic mass is 35.5. The Morgan fingerprint density at radius 2 is 1.90 bits per heavy atom. The molecular weight excluding hydrogens is 416 g/mol. The van der Waals surface area contributed by atoms with Crippen molar-refractivity contribution in [2.75, 3.05) is 39.8 Å². The number of amides is 1. The monoisotopic (exact) mass is 444 g/mol. The summed E-state index contributed by atoms with van der Waals surface area (Å²) in [6.07, 6.45) is 0.351. The van der Waals surface area contributed by atoms with Gasteiger partial charge in [0.05, 0.1) is 20.1 Å². The third-order valence-corrected chi connectivity index (χ3v) is 5.43. The molecule has 0 aromatic heterocycles. The van der Waals surface area contributed by atoms with E-state index in [-0.39, 0.29) is 11.7 Å². The topological polar surface area (TPSA) is 77.4 Å². The first-order chi connectivity index (χ1) is 15.0. The number of methoxy groups -OCH3 is 1. The molecule has 1 fully saturated rings. The van der Waals surface area contributed by atoms with Crippen molar-refractivity contribution < 1.29 is 14.6 Å². The van der Waals surface area contributed by atoms with Crippen LogP contribution in [-0.2, 0) is 17.8 Å². The minimum absolute atomic E-state index is 0.102. The van der Waals surface area contributed by atoms with E-state index < -0.39 is 0 Å². The van der Waals surface area contributed by atoms with Crippen LogP contribution < -0.4 is 10.1 Å². The number of rotatable bonds is 6. The van der Waals surface area contributed by atoms with Crippen LogP contribution in [0.5, 0.6) is 11.5 Å². The summed E-state index contributed by atoms with van der Waals surface area (Å²) in [5.74, 6) is 1.74. The van der Waals surface area contributed by atoms with Crippen LogP contribution in [0.25, 0.3) is 0 Å². The van der Waals surface area contributed by atoms with Crippen LogP contribution in [0.15, 0.2) is 47.5 Å². The Kier molecular flexibility index (Phi) is 8.00. The maximum absolute atomic E-state index is 12.7. The van der Waals surface area contributed by atoms with Crippen molar-refractivity contribution in [2.24, 2.45) is 4.99 Å². The number of carbonyl (C=O) groups is 1. The molecular formula is C23H29ClN4O3. The number of nitrogens with zero attached hydrogens (tertiary/aromatic N) is 3. The highest BCUT2D eigenvalue weighted by molar-refractivity contribution is 6.30. The molecule has 1 aliphatic rings. The third-order valence-electron chi connectivity index (χ3n) is 5.20. The Morgan fingerprint density at radius 3 is 2.58 bits per heavy atom. The van der Waals surface area contributed by atoms with Crippen molar-refractivity contribution in [2.45, 2.75) is 19.9 Å². The maximum atomic E-state index is 12.7. The van der Waals surface area contributed by atoms with E-state index in [9.17, 15) is 9.90 Å². The van der Waals surface area contributed by atoms with Gasteiger partial charge in [-0.05, 0) is 42.8 Å². The average Bonchev–Trinajstić information content (AvgIpc) is 2.77. The van der Waals surface area contributed by atoms with Gasteiger partial charge in [-0.15, -0.1) is 0 Å². The lowest BCUT2D eigenvalue weighted by Crippen LogP contribution is -2.54. The third kappa shape index (κ3) is 6.28. The summed E-state index contributed by atoms with van der Waals surface area (Å²) in [5, 5.41) is 14.1. The molecule has 2 N–H and O–H groups in total. The molecule has 1 aliphatic heterocycles. The van der Waals surface area contributed by atoms with E-state index in [2.05, 4.69) is 15.2 Å². The SMILES string of the molecule is CCNC(=NCc1cc(OC)ccc1O)N1CCN(C(=O)Cc2cccc(Cl)c2)CC1. The first-order valence-electron chi connectivity index (χ1n) is 10.4. The molecule has 1 saturated heterocycles. The van der Waals surface area contributed by atoms with E-state index in [1.54, 1.807) is 31.4 Å². The molecule has 0 spiro atoms. The van der Waals surface area contributed by atoms with E-state index in [4.69, 9.17) is 16.3 Å². The number of ether oxygens (including phenoxy) is 1. The smallest absolute Gasteiger partial charge is 0.227 e. The second-order valence-corrected chi connectivity index (χ2v) is 7.78. The molecule has 2 aromatic carbocycles. The van der Waals surface area contributed by atoms with Gasteiger partial charge < -0.3 is 25.0 Å². The highest BCUT2D eigenvalue weighted by Crippen LogP contribution is 2.23. The number of hydrogen-bond donors (Lipinski definition) is 2. The molecule has 3 rings (SSSR count). The van der Waals surface area contributed by atoms with Gasteiger partial charge in [-0.1, -0.05) is 23.7 Å². The van der Waals surface area contributed by atoms with E-state index in [0.29, 0.717) is 55.5 Å². The summed E-state index contributed by atoms with van der Waals surface area (Å²) in [6, 6.07) is 12.5. The molecule has 1 amide bonds. The number of guanidine groups is 1. The van der Waals surface area contributed by atoms with Crippen molar-refractivity contribution in [3.8, 4) is 11.5 Å². The number of benzene rings is 2. The fraction of sp³-hybridized carbons (Fsp3) is 0.391. The summed E-state index contributed by atoms with van der Waals surface area (Å²) < 4.78 is 5.23. The molecule has 2 aromatic rings. The van der Waals surface area contributed by atoms with Crippen LogP contribution in [0.3, 0.4) is 0 Å². The lowest BCUT2D eigenvalue weighted by molar-refractivity contribution is -0.131. The highest BCUT2D eigenvalue weighted by Gasteiger charge is 2.23. The van der Waals surface area contributed by atoms with Gasteiger partial charge in [0.25, 0.3) is 0 Å². The Morgan fingerprint density at radius 1 is 1.16 bits per heavy atom.